The minimum atomic E-state index is 0.198. The van der Waals surface area contributed by atoms with Crippen LogP contribution in [0.1, 0.15) is 11.1 Å². The fourth-order valence-electron chi connectivity index (χ4n) is 1.74. The number of methoxy groups -OCH3 is 1. The molecular formula is C14H13ClN2O2S. The van der Waals surface area contributed by atoms with Crippen LogP contribution in [0.25, 0.3) is 0 Å². The van der Waals surface area contributed by atoms with Crippen molar-refractivity contribution in [3.8, 4) is 11.6 Å². The van der Waals surface area contributed by atoms with Crippen molar-refractivity contribution in [3.05, 3.63) is 52.7 Å². The van der Waals surface area contributed by atoms with E-state index in [1.807, 2.05) is 12.1 Å². The van der Waals surface area contributed by atoms with E-state index in [9.17, 15) is 0 Å². The van der Waals surface area contributed by atoms with E-state index in [4.69, 9.17) is 39.0 Å². The molecule has 20 heavy (non-hydrogen) atoms. The fraction of sp³-hybridized carbons (Fsp3) is 0.143. The molecule has 0 aliphatic rings. The van der Waals surface area contributed by atoms with Gasteiger partial charge in [0.25, 0.3) is 0 Å². The Morgan fingerprint density at radius 3 is 2.85 bits per heavy atom. The first-order chi connectivity index (χ1) is 9.63. The topological polar surface area (TPSA) is 57.4 Å². The SMILES string of the molecule is COc1ncccc1COc1cccc(Cl)c1C(N)=S. The van der Waals surface area contributed by atoms with Crippen LogP contribution in [0.2, 0.25) is 5.02 Å². The second-order valence-electron chi connectivity index (χ2n) is 3.94. The van der Waals surface area contributed by atoms with Crippen LogP contribution in [0.3, 0.4) is 0 Å². The van der Waals surface area contributed by atoms with E-state index in [1.54, 1.807) is 31.5 Å². The van der Waals surface area contributed by atoms with E-state index in [0.717, 1.165) is 5.56 Å². The summed E-state index contributed by atoms with van der Waals surface area (Å²) in [5.74, 6) is 1.06. The molecule has 0 unspecified atom stereocenters. The summed E-state index contributed by atoms with van der Waals surface area (Å²) in [5.41, 5.74) is 7.03. The number of ether oxygens (including phenoxy) is 2. The van der Waals surface area contributed by atoms with Crippen LogP contribution in [0.4, 0.5) is 0 Å². The summed E-state index contributed by atoms with van der Waals surface area (Å²) in [4.78, 5) is 4.30. The molecule has 1 aromatic heterocycles. The largest absolute Gasteiger partial charge is 0.488 e. The van der Waals surface area contributed by atoms with Crippen molar-refractivity contribution in [2.75, 3.05) is 7.11 Å². The van der Waals surface area contributed by atoms with Gasteiger partial charge in [-0.15, -0.1) is 0 Å². The van der Waals surface area contributed by atoms with Crippen LogP contribution in [-0.2, 0) is 6.61 Å². The summed E-state index contributed by atoms with van der Waals surface area (Å²) in [6.07, 6.45) is 1.65. The number of nitrogens with two attached hydrogens (primary N) is 1. The van der Waals surface area contributed by atoms with E-state index >= 15 is 0 Å². The molecule has 2 rings (SSSR count). The van der Waals surface area contributed by atoms with Gasteiger partial charge in [-0.3, -0.25) is 0 Å². The summed E-state index contributed by atoms with van der Waals surface area (Å²) in [7, 11) is 1.56. The summed E-state index contributed by atoms with van der Waals surface area (Å²) < 4.78 is 10.9. The van der Waals surface area contributed by atoms with Crippen LogP contribution >= 0.6 is 23.8 Å². The number of pyridine rings is 1. The average Bonchev–Trinajstić information content (AvgIpc) is 2.45. The van der Waals surface area contributed by atoms with Crippen molar-refractivity contribution in [2.45, 2.75) is 6.61 Å². The monoisotopic (exact) mass is 308 g/mol. The van der Waals surface area contributed by atoms with Gasteiger partial charge in [0.2, 0.25) is 5.88 Å². The second-order valence-corrected chi connectivity index (χ2v) is 4.78. The van der Waals surface area contributed by atoms with Gasteiger partial charge < -0.3 is 15.2 Å². The normalized spacial score (nSPS) is 10.1. The molecule has 0 amide bonds. The number of rotatable bonds is 5. The lowest BCUT2D eigenvalue weighted by molar-refractivity contribution is 0.293. The molecule has 0 fully saturated rings. The van der Waals surface area contributed by atoms with Crippen LogP contribution in [0.15, 0.2) is 36.5 Å². The Kier molecular flexibility index (Phi) is 4.76. The highest BCUT2D eigenvalue weighted by atomic mass is 35.5. The van der Waals surface area contributed by atoms with E-state index in [0.29, 0.717) is 22.2 Å². The molecule has 0 aliphatic carbocycles. The van der Waals surface area contributed by atoms with Gasteiger partial charge in [0.1, 0.15) is 17.3 Å². The van der Waals surface area contributed by atoms with E-state index in [2.05, 4.69) is 4.98 Å². The Morgan fingerprint density at radius 2 is 2.15 bits per heavy atom. The third-order valence-electron chi connectivity index (χ3n) is 2.65. The Balaban J connectivity index is 2.23. The highest BCUT2D eigenvalue weighted by molar-refractivity contribution is 7.80. The van der Waals surface area contributed by atoms with Crippen LogP contribution in [0, 0.1) is 0 Å². The number of halogens is 1. The lowest BCUT2D eigenvalue weighted by Gasteiger charge is -2.13. The lowest BCUT2D eigenvalue weighted by Crippen LogP contribution is -2.12. The van der Waals surface area contributed by atoms with E-state index < -0.39 is 0 Å². The molecule has 6 heteroatoms. The molecule has 2 N–H and O–H groups in total. The lowest BCUT2D eigenvalue weighted by atomic mass is 10.2. The molecule has 0 saturated heterocycles. The van der Waals surface area contributed by atoms with Gasteiger partial charge in [0.15, 0.2) is 0 Å². The van der Waals surface area contributed by atoms with Gasteiger partial charge in [-0.05, 0) is 24.3 Å². The van der Waals surface area contributed by atoms with Gasteiger partial charge in [-0.2, -0.15) is 0 Å². The summed E-state index contributed by atoms with van der Waals surface area (Å²) >= 11 is 11.1. The van der Waals surface area contributed by atoms with E-state index in [1.165, 1.54) is 0 Å². The minimum Gasteiger partial charge on any atom is -0.488 e. The summed E-state index contributed by atoms with van der Waals surface area (Å²) in [6.45, 7) is 0.285. The molecule has 0 saturated carbocycles. The van der Waals surface area contributed by atoms with Crippen molar-refractivity contribution < 1.29 is 9.47 Å². The Hall–Kier alpha value is -1.85. The first-order valence-electron chi connectivity index (χ1n) is 5.82. The summed E-state index contributed by atoms with van der Waals surface area (Å²) in [6, 6.07) is 8.95. The number of aromatic nitrogens is 1. The number of nitrogens with zero attached hydrogens (tertiary/aromatic N) is 1. The van der Waals surface area contributed by atoms with Crippen LogP contribution < -0.4 is 15.2 Å². The molecule has 0 aliphatic heterocycles. The molecule has 1 heterocycles. The predicted octanol–water partition coefficient (Wildman–Crippen LogP) is 2.96. The fourth-order valence-corrected chi connectivity index (χ4v) is 2.27. The van der Waals surface area contributed by atoms with Gasteiger partial charge in [0, 0.05) is 6.20 Å². The van der Waals surface area contributed by atoms with Gasteiger partial charge >= 0.3 is 0 Å². The van der Waals surface area contributed by atoms with Crippen molar-refractivity contribution >= 4 is 28.8 Å². The van der Waals surface area contributed by atoms with Gasteiger partial charge in [-0.1, -0.05) is 29.9 Å². The molecule has 2 aromatic rings. The molecule has 4 nitrogen and oxygen atoms in total. The van der Waals surface area contributed by atoms with Crippen molar-refractivity contribution in [2.24, 2.45) is 5.73 Å². The van der Waals surface area contributed by atoms with Crippen molar-refractivity contribution in [3.63, 3.8) is 0 Å². The first kappa shape index (κ1) is 14.6. The average molecular weight is 309 g/mol. The number of thiocarbonyl (C=S) groups is 1. The number of hydrogen-bond acceptors (Lipinski definition) is 4. The molecular weight excluding hydrogens is 296 g/mol. The molecule has 0 radical (unpaired) electrons. The predicted molar refractivity (Wildman–Crippen MR) is 82.5 cm³/mol. The van der Waals surface area contributed by atoms with Crippen LogP contribution in [0.5, 0.6) is 11.6 Å². The first-order valence-corrected chi connectivity index (χ1v) is 6.61. The van der Waals surface area contributed by atoms with E-state index in [-0.39, 0.29) is 11.6 Å². The highest BCUT2D eigenvalue weighted by Gasteiger charge is 2.12. The zero-order valence-electron chi connectivity index (χ0n) is 10.8. The third kappa shape index (κ3) is 3.18. The number of benzene rings is 1. The third-order valence-corrected chi connectivity index (χ3v) is 3.17. The zero-order chi connectivity index (χ0) is 14.5. The second kappa shape index (κ2) is 6.54. The zero-order valence-corrected chi connectivity index (χ0v) is 12.4. The maximum atomic E-state index is 6.08. The quantitative estimate of drug-likeness (QED) is 0.861. The smallest absolute Gasteiger partial charge is 0.219 e. The standard InChI is InChI=1S/C14H13ClN2O2S/c1-18-14-9(4-3-7-17-14)8-19-11-6-2-5-10(15)12(11)13(16)20/h2-7H,8H2,1H3,(H2,16,20). The maximum absolute atomic E-state index is 6.08. The molecule has 0 atom stereocenters. The molecule has 0 spiro atoms. The summed E-state index contributed by atoms with van der Waals surface area (Å²) in [5, 5.41) is 0.466. The molecule has 104 valence electrons. The Labute approximate surface area is 127 Å². The Bertz CT molecular complexity index is 634. The molecule has 1 aromatic carbocycles. The van der Waals surface area contributed by atoms with Crippen molar-refractivity contribution in [1.29, 1.82) is 0 Å². The number of hydrogen-bond donors (Lipinski definition) is 1. The van der Waals surface area contributed by atoms with Gasteiger partial charge in [0.05, 0.1) is 23.3 Å². The molecule has 0 bridgehead atoms. The van der Waals surface area contributed by atoms with Gasteiger partial charge in [-0.25, -0.2) is 4.98 Å². The maximum Gasteiger partial charge on any atom is 0.219 e. The van der Waals surface area contributed by atoms with Crippen LogP contribution in [-0.4, -0.2) is 17.1 Å². The van der Waals surface area contributed by atoms with Crippen molar-refractivity contribution in [1.82, 2.24) is 4.98 Å². The minimum absolute atomic E-state index is 0.198. The Morgan fingerprint density at radius 1 is 1.35 bits per heavy atom. The highest BCUT2D eigenvalue weighted by Crippen LogP contribution is 2.27.